The number of carbonyl (C=O) groups excluding carboxylic acids is 1. The fourth-order valence-corrected chi connectivity index (χ4v) is 4.10. The summed E-state index contributed by atoms with van der Waals surface area (Å²) in [5.74, 6) is 0.0244. The summed E-state index contributed by atoms with van der Waals surface area (Å²) in [5.41, 5.74) is 1.10. The third-order valence-electron chi connectivity index (χ3n) is 2.51. The van der Waals surface area contributed by atoms with Gasteiger partial charge >= 0.3 is 0 Å². The minimum atomic E-state index is 0.0244. The van der Waals surface area contributed by atoms with Crippen LogP contribution in [0, 0.1) is 0 Å². The highest BCUT2D eigenvalue weighted by Crippen LogP contribution is 2.33. The van der Waals surface area contributed by atoms with E-state index < -0.39 is 0 Å². The second-order valence-electron chi connectivity index (χ2n) is 4.02. The van der Waals surface area contributed by atoms with E-state index in [2.05, 4.69) is 47.8 Å². The van der Waals surface area contributed by atoms with Crippen LogP contribution in [0.15, 0.2) is 43.1 Å². The van der Waals surface area contributed by atoms with Crippen LogP contribution in [0.25, 0.3) is 0 Å². The molecule has 0 aliphatic heterocycles. The second-order valence-corrected chi connectivity index (χ2v) is 8.16. The Labute approximate surface area is 141 Å². The van der Waals surface area contributed by atoms with Crippen molar-refractivity contribution in [3.05, 3.63) is 53.5 Å². The molecule has 19 heavy (non-hydrogen) atoms. The molecule has 1 aromatic carbocycles. The lowest BCUT2D eigenvalue weighted by molar-refractivity contribution is 0.0790. The summed E-state index contributed by atoms with van der Waals surface area (Å²) in [5, 5.41) is 0. The molecule has 0 saturated heterocycles. The van der Waals surface area contributed by atoms with Crippen LogP contribution >= 0.6 is 59.1 Å². The molecule has 0 bridgehead atoms. The Morgan fingerprint density at radius 1 is 1.26 bits per heavy atom. The number of nitrogens with zero attached hydrogens (tertiary/aromatic N) is 1. The van der Waals surface area contributed by atoms with Gasteiger partial charge in [0.15, 0.2) is 0 Å². The minimum absolute atomic E-state index is 0.0244. The Morgan fingerprint density at radius 3 is 2.58 bits per heavy atom. The third-order valence-corrected chi connectivity index (χ3v) is 6.25. The molecule has 0 atom stereocenters. The van der Waals surface area contributed by atoms with Crippen molar-refractivity contribution in [3.63, 3.8) is 0 Å². The van der Waals surface area contributed by atoms with Gasteiger partial charge in [-0.25, -0.2) is 0 Å². The number of thiophene rings is 1. The summed E-state index contributed by atoms with van der Waals surface area (Å²) in [6, 6.07) is 9.81. The molecule has 1 amide bonds. The molecule has 0 unspecified atom stereocenters. The molecule has 6 heteroatoms. The van der Waals surface area contributed by atoms with Gasteiger partial charge in [0.25, 0.3) is 5.91 Å². The van der Waals surface area contributed by atoms with Gasteiger partial charge in [-0.05, 0) is 55.6 Å². The molecular weight excluding hydrogens is 458 g/mol. The average molecular weight is 468 g/mol. The lowest BCUT2D eigenvalue weighted by Crippen LogP contribution is -2.25. The van der Waals surface area contributed by atoms with Crippen molar-refractivity contribution >= 4 is 65.0 Å². The Balaban J connectivity index is 2.11. The fourth-order valence-electron chi connectivity index (χ4n) is 1.62. The van der Waals surface area contributed by atoms with E-state index in [-0.39, 0.29) is 5.91 Å². The maximum atomic E-state index is 12.3. The van der Waals surface area contributed by atoms with E-state index in [0.717, 1.165) is 23.2 Å². The Kier molecular flexibility index (Phi) is 5.22. The van der Waals surface area contributed by atoms with E-state index in [4.69, 9.17) is 0 Å². The largest absolute Gasteiger partial charge is 0.337 e. The van der Waals surface area contributed by atoms with Gasteiger partial charge in [-0.15, -0.1) is 11.3 Å². The van der Waals surface area contributed by atoms with Gasteiger partial charge in [0.05, 0.1) is 8.66 Å². The van der Waals surface area contributed by atoms with Crippen LogP contribution in [-0.2, 0) is 6.54 Å². The predicted molar refractivity (Wildman–Crippen MR) is 89.7 cm³/mol. The molecule has 100 valence electrons. The first-order valence-electron chi connectivity index (χ1n) is 5.42. The highest BCUT2D eigenvalue weighted by Gasteiger charge is 2.16. The molecule has 2 nitrogen and oxygen atoms in total. The number of rotatable bonds is 3. The van der Waals surface area contributed by atoms with Gasteiger partial charge in [0.2, 0.25) is 0 Å². The average Bonchev–Trinajstić information content (AvgIpc) is 2.68. The van der Waals surface area contributed by atoms with Crippen LogP contribution in [-0.4, -0.2) is 17.9 Å². The van der Waals surface area contributed by atoms with Crippen molar-refractivity contribution in [1.82, 2.24) is 4.90 Å². The highest BCUT2D eigenvalue weighted by molar-refractivity contribution is 9.13. The van der Waals surface area contributed by atoms with E-state index in [0.29, 0.717) is 6.54 Å². The zero-order valence-electron chi connectivity index (χ0n) is 9.99. The molecule has 0 aliphatic rings. The number of carbonyl (C=O) groups is 1. The maximum Gasteiger partial charge on any atom is 0.264 e. The smallest absolute Gasteiger partial charge is 0.264 e. The lowest BCUT2D eigenvalue weighted by Gasteiger charge is -2.16. The van der Waals surface area contributed by atoms with Gasteiger partial charge in [-0.2, -0.15) is 0 Å². The molecule has 0 fully saturated rings. The number of hydrogen-bond acceptors (Lipinski definition) is 2. The Morgan fingerprint density at radius 2 is 2.00 bits per heavy atom. The number of benzene rings is 1. The Hall–Kier alpha value is -0.170. The summed E-state index contributed by atoms with van der Waals surface area (Å²) in [7, 11) is 1.81. The monoisotopic (exact) mass is 465 g/mol. The lowest BCUT2D eigenvalue weighted by atomic mass is 10.2. The maximum absolute atomic E-state index is 12.3. The molecule has 1 aromatic heterocycles. The van der Waals surface area contributed by atoms with Gasteiger partial charge in [-0.1, -0.05) is 28.1 Å². The predicted octanol–water partition coefficient (Wildman–Crippen LogP) is 5.31. The standard InChI is InChI=1S/C13H10Br3NOS/c1-17(7-8-3-2-4-9(14)5-8)13(18)11-6-10(15)12(16)19-11/h2-6H,7H2,1H3. The van der Waals surface area contributed by atoms with Crippen LogP contribution < -0.4 is 0 Å². The van der Waals surface area contributed by atoms with Crippen molar-refractivity contribution in [2.45, 2.75) is 6.54 Å². The number of hydrogen-bond donors (Lipinski definition) is 0. The minimum Gasteiger partial charge on any atom is -0.337 e. The van der Waals surface area contributed by atoms with E-state index in [1.807, 2.05) is 37.4 Å². The quantitative estimate of drug-likeness (QED) is 0.599. The van der Waals surface area contributed by atoms with E-state index >= 15 is 0 Å². The van der Waals surface area contributed by atoms with Gasteiger partial charge < -0.3 is 4.90 Å². The summed E-state index contributed by atoms with van der Waals surface area (Å²) in [6.45, 7) is 0.589. The summed E-state index contributed by atoms with van der Waals surface area (Å²) >= 11 is 11.7. The number of halogens is 3. The third kappa shape index (κ3) is 3.90. The van der Waals surface area contributed by atoms with Gasteiger partial charge in [0, 0.05) is 22.5 Å². The van der Waals surface area contributed by atoms with Crippen molar-refractivity contribution in [3.8, 4) is 0 Å². The molecule has 0 spiro atoms. The SMILES string of the molecule is CN(Cc1cccc(Br)c1)C(=O)c1cc(Br)c(Br)s1. The normalized spacial score (nSPS) is 10.5. The Bertz CT molecular complexity index is 592. The molecule has 2 aromatic rings. The highest BCUT2D eigenvalue weighted by atomic mass is 79.9. The van der Waals surface area contributed by atoms with Crippen LogP contribution in [0.4, 0.5) is 0 Å². The van der Waals surface area contributed by atoms with Crippen molar-refractivity contribution in [1.29, 1.82) is 0 Å². The topological polar surface area (TPSA) is 20.3 Å². The van der Waals surface area contributed by atoms with E-state index in [1.54, 1.807) is 4.90 Å². The summed E-state index contributed by atoms with van der Waals surface area (Å²) < 4.78 is 2.87. The van der Waals surface area contributed by atoms with Crippen LogP contribution in [0.1, 0.15) is 15.2 Å². The van der Waals surface area contributed by atoms with Crippen molar-refractivity contribution < 1.29 is 4.79 Å². The van der Waals surface area contributed by atoms with Crippen molar-refractivity contribution in [2.24, 2.45) is 0 Å². The molecule has 0 radical (unpaired) electrons. The summed E-state index contributed by atoms with van der Waals surface area (Å²) in [6.07, 6.45) is 0. The zero-order valence-corrected chi connectivity index (χ0v) is 15.6. The van der Waals surface area contributed by atoms with Gasteiger partial charge in [-0.3, -0.25) is 4.79 Å². The first-order chi connectivity index (χ1) is 8.97. The molecule has 0 aliphatic carbocycles. The molecule has 0 N–H and O–H groups in total. The first kappa shape index (κ1) is 15.2. The second kappa shape index (κ2) is 6.52. The fraction of sp³-hybridized carbons (Fsp3) is 0.154. The molecular formula is C13H10Br3NOS. The van der Waals surface area contributed by atoms with Crippen LogP contribution in [0.2, 0.25) is 0 Å². The molecule has 2 rings (SSSR count). The van der Waals surface area contributed by atoms with Crippen LogP contribution in [0.5, 0.6) is 0 Å². The number of amides is 1. The van der Waals surface area contributed by atoms with Gasteiger partial charge in [0.1, 0.15) is 0 Å². The van der Waals surface area contributed by atoms with E-state index in [9.17, 15) is 4.79 Å². The van der Waals surface area contributed by atoms with Crippen molar-refractivity contribution in [2.75, 3.05) is 7.05 Å². The summed E-state index contributed by atoms with van der Waals surface area (Å²) in [4.78, 5) is 14.7. The zero-order chi connectivity index (χ0) is 14.0. The van der Waals surface area contributed by atoms with E-state index in [1.165, 1.54) is 11.3 Å². The molecule has 1 heterocycles. The van der Waals surface area contributed by atoms with Crippen LogP contribution in [0.3, 0.4) is 0 Å². The molecule has 0 saturated carbocycles. The first-order valence-corrected chi connectivity index (χ1v) is 8.61.